The fraction of sp³-hybridized carbons (Fsp3) is 0.357. The number of carbonyl (C=O) groups is 3. The van der Waals surface area contributed by atoms with Crippen LogP contribution in [0.2, 0.25) is 0 Å². The number of amides is 3. The second-order valence-electron chi connectivity index (χ2n) is 4.77. The molecule has 112 valence electrons. The monoisotopic (exact) mass is 291 g/mol. The number of nitrogens with one attached hydrogen (secondary N) is 2. The van der Waals surface area contributed by atoms with Gasteiger partial charge >= 0.3 is 0 Å². The van der Waals surface area contributed by atoms with Crippen molar-refractivity contribution in [3.63, 3.8) is 0 Å². The first-order valence-corrected chi connectivity index (χ1v) is 6.58. The van der Waals surface area contributed by atoms with E-state index in [1.165, 1.54) is 12.1 Å². The van der Waals surface area contributed by atoms with E-state index in [2.05, 4.69) is 10.6 Å². The summed E-state index contributed by atoms with van der Waals surface area (Å²) in [6, 6.07) is 3.89. The van der Waals surface area contributed by atoms with Crippen molar-refractivity contribution in [2.24, 2.45) is 5.73 Å². The van der Waals surface area contributed by atoms with Crippen LogP contribution in [0.25, 0.3) is 0 Å². The number of fused-ring (bicyclic) bond motifs is 1. The van der Waals surface area contributed by atoms with Crippen molar-refractivity contribution in [3.8, 4) is 0 Å². The number of hydrogen-bond acceptors (Lipinski definition) is 5. The van der Waals surface area contributed by atoms with Crippen LogP contribution in [0, 0.1) is 0 Å². The molecular weight excluding hydrogens is 274 g/mol. The van der Waals surface area contributed by atoms with Crippen LogP contribution in [0.1, 0.15) is 33.6 Å². The summed E-state index contributed by atoms with van der Waals surface area (Å²) in [5.74, 6) is -1.23. The van der Waals surface area contributed by atoms with Gasteiger partial charge in [-0.1, -0.05) is 0 Å². The molecule has 1 aliphatic heterocycles. The molecule has 0 spiro atoms. The predicted octanol–water partition coefficient (Wildman–Crippen LogP) is 0.263. The smallest absolute Gasteiger partial charge is 0.259 e. The van der Waals surface area contributed by atoms with Crippen molar-refractivity contribution >= 4 is 23.4 Å². The lowest BCUT2D eigenvalue weighted by Gasteiger charge is -2.12. The molecule has 0 saturated heterocycles. The van der Waals surface area contributed by atoms with Crippen LogP contribution < -0.4 is 16.4 Å². The van der Waals surface area contributed by atoms with Gasteiger partial charge in [0, 0.05) is 19.4 Å². The molecule has 4 N–H and O–H groups in total. The van der Waals surface area contributed by atoms with Gasteiger partial charge in [0.25, 0.3) is 11.8 Å². The highest BCUT2D eigenvalue weighted by molar-refractivity contribution is 6.22. The van der Waals surface area contributed by atoms with Gasteiger partial charge in [0.05, 0.1) is 17.2 Å². The second kappa shape index (κ2) is 6.47. The maximum Gasteiger partial charge on any atom is 0.259 e. The molecule has 0 aliphatic carbocycles. The molecule has 0 aromatic heterocycles. The van der Waals surface area contributed by atoms with Crippen molar-refractivity contribution in [1.82, 2.24) is 5.32 Å². The fourth-order valence-electron chi connectivity index (χ4n) is 2.06. The van der Waals surface area contributed by atoms with E-state index in [9.17, 15) is 14.4 Å². The first-order chi connectivity index (χ1) is 10.0. The third kappa shape index (κ3) is 3.45. The largest absolute Gasteiger partial charge is 0.385 e. The van der Waals surface area contributed by atoms with E-state index in [0.29, 0.717) is 30.7 Å². The van der Waals surface area contributed by atoms with E-state index >= 15 is 0 Å². The number of benzene rings is 1. The lowest BCUT2D eigenvalue weighted by atomic mass is 10.1. The van der Waals surface area contributed by atoms with Gasteiger partial charge in [0.1, 0.15) is 0 Å². The first kappa shape index (κ1) is 15.1. The Bertz CT molecular complexity index is 586. The number of methoxy groups -OCH3 is 1. The summed E-state index contributed by atoms with van der Waals surface area (Å²) in [5, 5.41) is 4.83. The van der Waals surface area contributed by atoms with Crippen molar-refractivity contribution in [1.29, 1.82) is 0 Å². The van der Waals surface area contributed by atoms with Crippen LogP contribution in [-0.2, 0) is 9.53 Å². The first-order valence-electron chi connectivity index (χ1n) is 6.58. The summed E-state index contributed by atoms with van der Waals surface area (Å²) in [6.45, 7) is 0.544. The Morgan fingerprint density at radius 2 is 2.05 bits per heavy atom. The Kier molecular flexibility index (Phi) is 4.66. The molecule has 0 saturated carbocycles. The predicted molar refractivity (Wildman–Crippen MR) is 76.0 cm³/mol. The number of ether oxygens (including phenoxy) is 1. The maximum atomic E-state index is 11.9. The van der Waals surface area contributed by atoms with Crippen LogP contribution in [0.5, 0.6) is 0 Å². The molecule has 1 heterocycles. The Labute approximate surface area is 121 Å². The Balaban J connectivity index is 2.01. The number of anilines is 1. The van der Waals surface area contributed by atoms with E-state index in [1.807, 2.05) is 0 Å². The van der Waals surface area contributed by atoms with Gasteiger partial charge in [-0.2, -0.15) is 0 Å². The average molecular weight is 291 g/mol. The lowest BCUT2D eigenvalue weighted by molar-refractivity contribution is -0.117. The second-order valence-corrected chi connectivity index (χ2v) is 4.77. The van der Waals surface area contributed by atoms with Gasteiger partial charge in [0.2, 0.25) is 5.91 Å². The molecule has 3 amide bonds. The Morgan fingerprint density at radius 1 is 1.33 bits per heavy atom. The van der Waals surface area contributed by atoms with Gasteiger partial charge < -0.3 is 15.8 Å². The van der Waals surface area contributed by atoms with Crippen LogP contribution in [0.15, 0.2) is 18.2 Å². The van der Waals surface area contributed by atoms with Crippen LogP contribution >= 0.6 is 0 Å². The van der Waals surface area contributed by atoms with E-state index in [0.717, 1.165) is 0 Å². The van der Waals surface area contributed by atoms with E-state index < -0.39 is 17.9 Å². The zero-order chi connectivity index (χ0) is 15.4. The standard InChI is InChI=1S/C14H17N3O4/c1-21-6-2-3-11(15)14(20)16-8-4-5-9-10(7-8)13(19)17-12(9)18/h4-5,7,11H,2-3,6,15H2,1H3,(H,16,20)(H,17,18,19). The molecule has 7 heteroatoms. The molecule has 0 bridgehead atoms. The van der Waals surface area contributed by atoms with E-state index in [4.69, 9.17) is 10.5 Å². The molecule has 21 heavy (non-hydrogen) atoms. The zero-order valence-electron chi connectivity index (χ0n) is 11.6. The van der Waals surface area contributed by atoms with Crippen LogP contribution in [0.3, 0.4) is 0 Å². The molecule has 1 aromatic rings. The molecule has 1 atom stereocenters. The maximum absolute atomic E-state index is 11.9. The minimum atomic E-state index is -0.649. The average Bonchev–Trinajstić information content (AvgIpc) is 2.74. The quantitative estimate of drug-likeness (QED) is 0.514. The Morgan fingerprint density at radius 3 is 2.76 bits per heavy atom. The summed E-state index contributed by atoms with van der Waals surface area (Å²) in [4.78, 5) is 34.9. The van der Waals surface area contributed by atoms with Crippen molar-refractivity contribution in [2.45, 2.75) is 18.9 Å². The highest BCUT2D eigenvalue weighted by Crippen LogP contribution is 2.20. The summed E-state index contributed by atoms with van der Waals surface area (Å²) in [5.41, 5.74) is 6.77. The Hall–Kier alpha value is -2.25. The lowest BCUT2D eigenvalue weighted by Crippen LogP contribution is -2.35. The van der Waals surface area contributed by atoms with Gasteiger partial charge in [-0.15, -0.1) is 0 Å². The fourth-order valence-corrected chi connectivity index (χ4v) is 2.06. The third-order valence-electron chi connectivity index (χ3n) is 3.20. The number of nitrogens with two attached hydrogens (primary N) is 1. The minimum Gasteiger partial charge on any atom is -0.385 e. The molecular formula is C14H17N3O4. The number of carbonyl (C=O) groups excluding carboxylic acids is 3. The number of rotatable bonds is 6. The van der Waals surface area contributed by atoms with Crippen LogP contribution in [-0.4, -0.2) is 37.5 Å². The van der Waals surface area contributed by atoms with Crippen molar-refractivity contribution in [2.75, 3.05) is 19.0 Å². The van der Waals surface area contributed by atoms with Crippen molar-refractivity contribution < 1.29 is 19.1 Å². The van der Waals surface area contributed by atoms with Gasteiger partial charge in [-0.3, -0.25) is 19.7 Å². The van der Waals surface area contributed by atoms with Gasteiger partial charge in [-0.25, -0.2) is 0 Å². The molecule has 0 radical (unpaired) electrons. The number of imide groups is 1. The van der Waals surface area contributed by atoms with Crippen molar-refractivity contribution in [3.05, 3.63) is 29.3 Å². The van der Waals surface area contributed by atoms with Gasteiger partial charge in [-0.05, 0) is 31.0 Å². The summed E-state index contributed by atoms with van der Waals surface area (Å²) >= 11 is 0. The third-order valence-corrected chi connectivity index (χ3v) is 3.20. The van der Waals surface area contributed by atoms with E-state index in [1.54, 1.807) is 13.2 Å². The summed E-state index contributed by atoms with van der Waals surface area (Å²) < 4.78 is 4.90. The van der Waals surface area contributed by atoms with Crippen LogP contribution in [0.4, 0.5) is 5.69 Å². The van der Waals surface area contributed by atoms with Gasteiger partial charge in [0.15, 0.2) is 0 Å². The number of hydrogen-bond donors (Lipinski definition) is 3. The zero-order valence-corrected chi connectivity index (χ0v) is 11.6. The molecule has 1 aliphatic rings. The highest BCUT2D eigenvalue weighted by Gasteiger charge is 2.27. The molecule has 1 aromatic carbocycles. The molecule has 1 unspecified atom stereocenters. The highest BCUT2D eigenvalue weighted by atomic mass is 16.5. The SMILES string of the molecule is COCCCC(N)C(=O)Nc1ccc2c(c1)C(=O)NC2=O. The summed E-state index contributed by atoms with van der Waals surface area (Å²) in [6.07, 6.45) is 1.19. The normalized spacial score (nSPS) is 14.6. The summed E-state index contributed by atoms with van der Waals surface area (Å²) in [7, 11) is 1.59. The molecule has 7 nitrogen and oxygen atoms in total. The minimum absolute atomic E-state index is 0.255. The van der Waals surface area contributed by atoms with E-state index in [-0.39, 0.29) is 11.5 Å². The topological polar surface area (TPSA) is 111 Å². The molecule has 0 fully saturated rings. The molecule has 2 rings (SSSR count).